The number of rotatable bonds is 6. The van der Waals surface area contributed by atoms with Gasteiger partial charge in [-0.25, -0.2) is 9.59 Å². The van der Waals surface area contributed by atoms with Crippen molar-refractivity contribution in [3.8, 4) is 0 Å². The monoisotopic (exact) mass is 331 g/mol. The Morgan fingerprint density at radius 2 is 1.71 bits per heavy atom. The third-order valence-electron chi connectivity index (χ3n) is 2.48. The van der Waals surface area contributed by atoms with Crippen LogP contribution in [0, 0.1) is 6.92 Å². The summed E-state index contributed by atoms with van der Waals surface area (Å²) in [5.41, 5.74) is 0.617. The lowest BCUT2D eigenvalue weighted by Gasteiger charge is -2.05. The van der Waals surface area contributed by atoms with Crippen molar-refractivity contribution in [3.63, 3.8) is 0 Å². The van der Waals surface area contributed by atoms with E-state index in [0.29, 0.717) is 5.56 Å². The highest BCUT2D eigenvalue weighted by Gasteiger charge is 2.27. The van der Waals surface area contributed by atoms with Crippen LogP contribution < -0.4 is 5.32 Å². The van der Waals surface area contributed by atoms with Gasteiger partial charge in [-0.2, -0.15) is 12.6 Å². The predicted octanol–water partition coefficient (Wildman–Crippen LogP) is 2.28. The molecule has 0 bridgehead atoms. The number of nitrogens with one attached hydrogen (secondary N) is 1. The molecule has 1 aromatic rings. The molecule has 0 aliphatic rings. The van der Waals surface area contributed by atoms with E-state index < -0.39 is 11.9 Å². The Bertz CT molecular complexity index is 553. The Hall–Kier alpha value is -1.54. The lowest BCUT2D eigenvalue weighted by Crippen LogP contribution is -2.15. The number of hydrogen-bond acceptors (Lipinski definition) is 7. The number of carbonyl (C=O) groups is 3. The van der Waals surface area contributed by atoms with E-state index in [9.17, 15) is 14.4 Å². The second kappa shape index (κ2) is 8.04. The molecule has 1 aromatic heterocycles. The Balaban J connectivity index is 3.26. The number of ether oxygens (including phenoxy) is 2. The molecular formula is C13H17NO5S2. The minimum atomic E-state index is -0.587. The molecule has 116 valence electrons. The van der Waals surface area contributed by atoms with Gasteiger partial charge in [0, 0.05) is 0 Å². The maximum atomic E-state index is 12.0. The Morgan fingerprint density at radius 3 is 2.24 bits per heavy atom. The molecule has 0 aliphatic heterocycles. The van der Waals surface area contributed by atoms with Crippen LogP contribution in [0.4, 0.5) is 5.00 Å². The van der Waals surface area contributed by atoms with Crippen LogP contribution in [0.5, 0.6) is 0 Å². The van der Waals surface area contributed by atoms with E-state index in [-0.39, 0.29) is 40.3 Å². The van der Waals surface area contributed by atoms with Crippen LogP contribution in [-0.4, -0.2) is 36.8 Å². The van der Waals surface area contributed by atoms with E-state index in [1.165, 1.54) is 0 Å². The summed E-state index contributed by atoms with van der Waals surface area (Å²) in [6.07, 6.45) is 0. The van der Waals surface area contributed by atoms with Crippen LogP contribution in [0.25, 0.3) is 0 Å². The quantitative estimate of drug-likeness (QED) is 0.617. The Morgan fingerprint density at radius 1 is 1.14 bits per heavy atom. The van der Waals surface area contributed by atoms with Gasteiger partial charge >= 0.3 is 11.9 Å². The first kappa shape index (κ1) is 17.5. The summed E-state index contributed by atoms with van der Waals surface area (Å²) in [5.74, 6) is -1.53. The smallest absolute Gasteiger partial charge is 0.348 e. The molecule has 21 heavy (non-hydrogen) atoms. The SMILES string of the molecule is CCOC(=O)c1sc(NC(=O)CS)c(C(=O)OCC)c1C. The van der Waals surface area contributed by atoms with E-state index in [1.54, 1.807) is 20.8 Å². The average molecular weight is 331 g/mol. The molecule has 0 saturated heterocycles. The van der Waals surface area contributed by atoms with Gasteiger partial charge < -0.3 is 14.8 Å². The third-order valence-corrected chi connectivity index (χ3v) is 3.96. The van der Waals surface area contributed by atoms with Crippen LogP contribution in [-0.2, 0) is 14.3 Å². The Labute approximate surface area is 132 Å². The molecule has 1 heterocycles. The first-order valence-corrected chi connectivity index (χ1v) is 7.79. The maximum absolute atomic E-state index is 12.0. The number of hydrogen-bond donors (Lipinski definition) is 2. The van der Waals surface area contributed by atoms with Gasteiger partial charge in [0.05, 0.1) is 24.5 Å². The molecular weight excluding hydrogens is 314 g/mol. The largest absolute Gasteiger partial charge is 0.462 e. The lowest BCUT2D eigenvalue weighted by molar-refractivity contribution is -0.113. The van der Waals surface area contributed by atoms with Crippen LogP contribution >= 0.6 is 24.0 Å². The van der Waals surface area contributed by atoms with E-state index in [4.69, 9.17) is 9.47 Å². The predicted molar refractivity (Wildman–Crippen MR) is 83.5 cm³/mol. The van der Waals surface area contributed by atoms with Crippen molar-refractivity contribution in [1.82, 2.24) is 0 Å². The molecule has 0 aromatic carbocycles. The van der Waals surface area contributed by atoms with Crippen molar-refractivity contribution in [3.05, 3.63) is 16.0 Å². The van der Waals surface area contributed by atoms with Crippen LogP contribution in [0.2, 0.25) is 0 Å². The average Bonchev–Trinajstić information content (AvgIpc) is 2.76. The molecule has 1 rings (SSSR count). The summed E-state index contributed by atoms with van der Waals surface area (Å²) in [4.78, 5) is 35.6. The van der Waals surface area contributed by atoms with E-state index in [2.05, 4.69) is 17.9 Å². The highest BCUT2D eigenvalue weighted by atomic mass is 32.1. The van der Waals surface area contributed by atoms with Crippen LogP contribution in [0.1, 0.15) is 39.4 Å². The van der Waals surface area contributed by atoms with Crippen LogP contribution in [0.3, 0.4) is 0 Å². The van der Waals surface area contributed by atoms with Crippen LogP contribution in [0.15, 0.2) is 0 Å². The van der Waals surface area contributed by atoms with E-state index >= 15 is 0 Å². The number of thiophene rings is 1. The zero-order valence-corrected chi connectivity index (χ0v) is 13.7. The normalized spacial score (nSPS) is 10.1. The van der Waals surface area contributed by atoms with Gasteiger partial charge in [-0.15, -0.1) is 11.3 Å². The molecule has 1 amide bonds. The number of carbonyl (C=O) groups excluding carboxylic acids is 3. The van der Waals surface area contributed by atoms with Gasteiger partial charge in [0.15, 0.2) is 0 Å². The summed E-state index contributed by atoms with van der Waals surface area (Å²) >= 11 is 4.86. The highest BCUT2D eigenvalue weighted by Crippen LogP contribution is 2.34. The highest BCUT2D eigenvalue weighted by molar-refractivity contribution is 7.81. The van der Waals surface area contributed by atoms with E-state index in [0.717, 1.165) is 11.3 Å². The minimum absolute atomic E-state index is 0.0338. The van der Waals surface area contributed by atoms with Gasteiger partial charge in [-0.05, 0) is 26.3 Å². The van der Waals surface area contributed by atoms with Gasteiger partial charge in [-0.3, -0.25) is 4.79 Å². The maximum Gasteiger partial charge on any atom is 0.348 e. The molecule has 0 unspecified atom stereocenters. The zero-order valence-electron chi connectivity index (χ0n) is 12.0. The first-order valence-electron chi connectivity index (χ1n) is 6.34. The molecule has 6 nitrogen and oxygen atoms in total. The fourth-order valence-corrected chi connectivity index (χ4v) is 2.79. The second-order valence-electron chi connectivity index (χ2n) is 3.91. The summed E-state index contributed by atoms with van der Waals surface area (Å²) in [6.45, 7) is 5.41. The molecule has 0 spiro atoms. The number of esters is 2. The molecule has 0 radical (unpaired) electrons. The number of anilines is 1. The van der Waals surface area contributed by atoms with Crippen molar-refractivity contribution >= 4 is 46.8 Å². The van der Waals surface area contributed by atoms with Crippen molar-refractivity contribution in [2.75, 3.05) is 24.3 Å². The topological polar surface area (TPSA) is 81.7 Å². The van der Waals surface area contributed by atoms with Gasteiger partial charge in [0.25, 0.3) is 0 Å². The summed E-state index contributed by atoms with van der Waals surface area (Å²) in [5, 5.41) is 2.82. The van der Waals surface area contributed by atoms with Crippen molar-refractivity contribution < 1.29 is 23.9 Å². The lowest BCUT2D eigenvalue weighted by atomic mass is 10.1. The Kier molecular flexibility index (Phi) is 6.70. The number of amides is 1. The fourth-order valence-electron chi connectivity index (χ4n) is 1.61. The molecule has 0 atom stereocenters. The first-order chi connectivity index (χ1) is 9.96. The minimum Gasteiger partial charge on any atom is -0.462 e. The van der Waals surface area contributed by atoms with E-state index in [1.807, 2.05) is 0 Å². The molecule has 1 N–H and O–H groups in total. The number of thiol groups is 1. The molecule has 0 fully saturated rings. The van der Waals surface area contributed by atoms with Crippen molar-refractivity contribution in [2.24, 2.45) is 0 Å². The van der Waals surface area contributed by atoms with Gasteiger partial charge in [0.2, 0.25) is 5.91 Å². The summed E-state index contributed by atoms with van der Waals surface area (Å²) < 4.78 is 9.90. The summed E-state index contributed by atoms with van der Waals surface area (Å²) in [7, 11) is 0. The fraction of sp³-hybridized carbons (Fsp3) is 0.462. The third kappa shape index (κ3) is 4.21. The second-order valence-corrected chi connectivity index (χ2v) is 5.24. The standard InChI is InChI=1S/C13H17NO5S2/c1-4-18-12(16)9-7(3)10(13(17)19-5-2)21-11(9)14-8(15)6-20/h20H,4-6H2,1-3H3,(H,14,15). The summed E-state index contributed by atoms with van der Waals surface area (Å²) in [6, 6.07) is 0. The van der Waals surface area contributed by atoms with Gasteiger partial charge in [0.1, 0.15) is 9.88 Å². The zero-order chi connectivity index (χ0) is 16.0. The van der Waals surface area contributed by atoms with Gasteiger partial charge in [-0.1, -0.05) is 0 Å². The van der Waals surface area contributed by atoms with Crippen molar-refractivity contribution in [2.45, 2.75) is 20.8 Å². The molecule has 0 saturated carbocycles. The molecule has 8 heteroatoms. The van der Waals surface area contributed by atoms with Crippen molar-refractivity contribution in [1.29, 1.82) is 0 Å². The molecule has 0 aliphatic carbocycles.